The van der Waals surface area contributed by atoms with E-state index in [4.69, 9.17) is 26.8 Å². The molecule has 0 bridgehead atoms. The fraction of sp³-hybridized carbons (Fsp3) is 0.294. The van der Waals surface area contributed by atoms with E-state index in [1.54, 1.807) is 0 Å². The van der Waals surface area contributed by atoms with Crippen molar-refractivity contribution in [2.75, 3.05) is 13.3 Å². The topological polar surface area (TPSA) is 44.5 Å². The highest BCUT2D eigenvalue weighted by Gasteiger charge is 2.33. The van der Waals surface area contributed by atoms with Gasteiger partial charge in [-0.15, -0.1) is 0 Å². The first-order valence-corrected chi connectivity index (χ1v) is 7.53. The minimum absolute atomic E-state index is 0.266. The maximum atomic E-state index is 6.48. The Morgan fingerprint density at radius 1 is 1.05 bits per heavy atom. The third-order valence-corrected chi connectivity index (χ3v) is 4.81. The van der Waals surface area contributed by atoms with E-state index < -0.39 is 0 Å². The van der Waals surface area contributed by atoms with Gasteiger partial charge < -0.3 is 15.2 Å². The lowest BCUT2D eigenvalue weighted by Gasteiger charge is -2.15. The van der Waals surface area contributed by atoms with Gasteiger partial charge in [-0.2, -0.15) is 0 Å². The van der Waals surface area contributed by atoms with Crippen molar-refractivity contribution in [2.24, 2.45) is 5.73 Å². The lowest BCUT2D eigenvalue weighted by atomic mass is 9.92. The molecule has 2 atom stereocenters. The third-order valence-electron chi connectivity index (χ3n) is 4.48. The van der Waals surface area contributed by atoms with Gasteiger partial charge in [0.2, 0.25) is 6.79 Å². The van der Waals surface area contributed by atoms with Crippen LogP contribution < -0.4 is 15.2 Å². The van der Waals surface area contributed by atoms with Gasteiger partial charge in [-0.1, -0.05) is 35.9 Å². The van der Waals surface area contributed by atoms with Crippen molar-refractivity contribution >= 4 is 11.6 Å². The van der Waals surface area contributed by atoms with E-state index in [1.807, 2.05) is 12.1 Å². The van der Waals surface area contributed by atoms with Crippen molar-refractivity contribution in [2.45, 2.75) is 18.3 Å². The number of nitrogens with two attached hydrogens (primary N) is 1. The van der Waals surface area contributed by atoms with Gasteiger partial charge in [0, 0.05) is 17.0 Å². The Labute approximate surface area is 128 Å². The number of fused-ring (bicyclic) bond motifs is 2. The summed E-state index contributed by atoms with van der Waals surface area (Å²) < 4.78 is 10.9. The van der Waals surface area contributed by atoms with Crippen LogP contribution in [0.15, 0.2) is 36.4 Å². The first-order valence-electron chi connectivity index (χ1n) is 7.16. The van der Waals surface area contributed by atoms with Crippen LogP contribution in [0.5, 0.6) is 11.5 Å². The predicted octanol–water partition coefficient (Wildman–Crippen LogP) is 3.65. The molecule has 3 nitrogen and oxygen atoms in total. The van der Waals surface area contributed by atoms with E-state index in [1.165, 1.54) is 11.1 Å². The van der Waals surface area contributed by atoms with E-state index in [9.17, 15) is 0 Å². The standard InChI is InChI=1S/C17H16ClNO2/c18-15-7-17-16(20-9-21-17)6-14(15)13-5-10(8-19)11-3-1-2-4-12(11)13/h1-4,6-7,10,13H,5,8-9,19H2/t10-,13+/m0/s1. The Balaban J connectivity index is 1.81. The zero-order chi connectivity index (χ0) is 14.4. The van der Waals surface area contributed by atoms with Crippen molar-refractivity contribution in [3.8, 4) is 11.5 Å². The summed E-state index contributed by atoms with van der Waals surface area (Å²) >= 11 is 6.48. The number of halogens is 1. The van der Waals surface area contributed by atoms with Crippen LogP contribution >= 0.6 is 11.6 Å². The van der Waals surface area contributed by atoms with E-state index in [0.29, 0.717) is 12.5 Å². The highest BCUT2D eigenvalue weighted by atomic mass is 35.5. The molecule has 1 aliphatic heterocycles. The summed E-state index contributed by atoms with van der Waals surface area (Å²) in [6, 6.07) is 12.4. The van der Waals surface area contributed by atoms with Crippen molar-refractivity contribution in [1.82, 2.24) is 0 Å². The monoisotopic (exact) mass is 301 g/mol. The van der Waals surface area contributed by atoms with Crippen LogP contribution in [0.1, 0.15) is 34.9 Å². The van der Waals surface area contributed by atoms with E-state index in [-0.39, 0.29) is 12.7 Å². The Morgan fingerprint density at radius 3 is 2.52 bits per heavy atom. The van der Waals surface area contributed by atoms with E-state index >= 15 is 0 Å². The molecule has 0 amide bonds. The number of hydrogen-bond donors (Lipinski definition) is 1. The molecule has 4 rings (SSSR count). The van der Waals surface area contributed by atoms with Gasteiger partial charge in [-0.3, -0.25) is 0 Å². The molecule has 2 aromatic rings. The van der Waals surface area contributed by atoms with Crippen molar-refractivity contribution < 1.29 is 9.47 Å². The van der Waals surface area contributed by atoms with Gasteiger partial charge in [-0.05, 0) is 41.6 Å². The first-order chi connectivity index (χ1) is 10.3. The average molecular weight is 302 g/mol. The second-order valence-electron chi connectivity index (χ2n) is 5.58. The Kier molecular flexibility index (Phi) is 3.05. The summed E-state index contributed by atoms with van der Waals surface area (Å²) in [4.78, 5) is 0. The number of hydrogen-bond acceptors (Lipinski definition) is 3. The Morgan fingerprint density at radius 2 is 1.76 bits per heavy atom. The van der Waals surface area contributed by atoms with Crippen LogP contribution in [0, 0.1) is 0 Å². The molecular weight excluding hydrogens is 286 g/mol. The molecule has 108 valence electrons. The molecule has 0 aromatic heterocycles. The van der Waals surface area contributed by atoms with Gasteiger partial charge >= 0.3 is 0 Å². The van der Waals surface area contributed by atoms with Crippen LogP contribution in [-0.2, 0) is 0 Å². The largest absolute Gasteiger partial charge is 0.454 e. The molecule has 0 saturated carbocycles. The van der Waals surface area contributed by atoms with Gasteiger partial charge in [0.15, 0.2) is 11.5 Å². The molecule has 2 aliphatic rings. The van der Waals surface area contributed by atoms with Crippen LogP contribution in [0.4, 0.5) is 0 Å². The smallest absolute Gasteiger partial charge is 0.231 e. The summed E-state index contributed by atoms with van der Waals surface area (Å²) in [7, 11) is 0. The van der Waals surface area contributed by atoms with Crippen molar-refractivity contribution in [1.29, 1.82) is 0 Å². The number of benzene rings is 2. The molecule has 1 aliphatic carbocycles. The second-order valence-corrected chi connectivity index (χ2v) is 5.98. The summed E-state index contributed by atoms with van der Waals surface area (Å²) in [5.74, 6) is 2.18. The lowest BCUT2D eigenvalue weighted by molar-refractivity contribution is 0.174. The third kappa shape index (κ3) is 2.00. The van der Waals surface area contributed by atoms with Crippen molar-refractivity contribution in [3.05, 3.63) is 58.1 Å². The molecule has 2 N–H and O–H groups in total. The molecule has 0 fully saturated rings. The molecule has 1 heterocycles. The fourth-order valence-electron chi connectivity index (χ4n) is 3.46. The van der Waals surface area contributed by atoms with Crippen molar-refractivity contribution in [3.63, 3.8) is 0 Å². The molecule has 2 aromatic carbocycles. The van der Waals surface area contributed by atoms with Gasteiger partial charge in [0.05, 0.1) is 0 Å². The van der Waals surface area contributed by atoms with Crippen LogP contribution in [-0.4, -0.2) is 13.3 Å². The maximum absolute atomic E-state index is 6.48. The predicted molar refractivity (Wildman–Crippen MR) is 82.3 cm³/mol. The molecule has 0 saturated heterocycles. The van der Waals surface area contributed by atoms with Crippen LogP contribution in [0.2, 0.25) is 5.02 Å². The highest BCUT2D eigenvalue weighted by Crippen LogP contribution is 2.49. The van der Waals surface area contributed by atoms with Gasteiger partial charge in [0.25, 0.3) is 0 Å². The number of rotatable bonds is 2. The molecule has 0 unspecified atom stereocenters. The summed E-state index contributed by atoms with van der Waals surface area (Å²) in [5, 5.41) is 0.733. The Bertz CT molecular complexity index is 701. The molecule has 4 heteroatoms. The highest BCUT2D eigenvalue weighted by molar-refractivity contribution is 6.31. The first kappa shape index (κ1) is 13.0. The average Bonchev–Trinajstić information content (AvgIpc) is 3.09. The molecular formula is C17H16ClNO2. The zero-order valence-corrected chi connectivity index (χ0v) is 12.3. The van der Waals surface area contributed by atoms with Crippen LogP contribution in [0.25, 0.3) is 0 Å². The lowest BCUT2D eigenvalue weighted by Crippen LogP contribution is -2.09. The van der Waals surface area contributed by atoms with Crippen LogP contribution in [0.3, 0.4) is 0 Å². The summed E-state index contributed by atoms with van der Waals surface area (Å²) in [6.07, 6.45) is 0.995. The van der Waals surface area contributed by atoms with Gasteiger partial charge in [-0.25, -0.2) is 0 Å². The van der Waals surface area contributed by atoms with E-state index in [0.717, 1.165) is 28.5 Å². The SMILES string of the molecule is NC[C@@H]1C[C@@H](c2cc3c(cc2Cl)OCO3)c2ccccc21. The summed E-state index contributed by atoms with van der Waals surface area (Å²) in [6.45, 7) is 0.928. The normalized spacial score (nSPS) is 22.4. The summed E-state index contributed by atoms with van der Waals surface area (Å²) in [5.41, 5.74) is 9.71. The minimum Gasteiger partial charge on any atom is -0.454 e. The second kappa shape index (κ2) is 4.93. The molecule has 0 spiro atoms. The minimum atomic E-state index is 0.266. The maximum Gasteiger partial charge on any atom is 0.231 e. The molecule has 21 heavy (non-hydrogen) atoms. The fourth-order valence-corrected chi connectivity index (χ4v) is 3.74. The quantitative estimate of drug-likeness (QED) is 0.921. The Hall–Kier alpha value is -1.71. The molecule has 0 radical (unpaired) electrons. The van der Waals surface area contributed by atoms with E-state index in [2.05, 4.69) is 24.3 Å². The zero-order valence-electron chi connectivity index (χ0n) is 11.5. The number of ether oxygens (including phenoxy) is 2. The van der Waals surface area contributed by atoms with Gasteiger partial charge in [0.1, 0.15) is 0 Å².